The summed E-state index contributed by atoms with van der Waals surface area (Å²) >= 11 is 0. The quantitative estimate of drug-likeness (QED) is 0.263. The summed E-state index contributed by atoms with van der Waals surface area (Å²) in [5.41, 5.74) is 8.29. The van der Waals surface area contributed by atoms with Crippen LogP contribution in [0, 0.1) is 0 Å². The highest BCUT2D eigenvalue weighted by atomic mass is 16.3. The van der Waals surface area contributed by atoms with Gasteiger partial charge in [0.05, 0.1) is 6.10 Å². The van der Waals surface area contributed by atoms with Crippen LogP contribution in [0.4, 0.5) is 0 Å². The largest absolute Gasteiger partial charge is 0.392 e. The SMILES string of the molecule is CC(=CC(=O)N(C)[C@H](Cc1ccc2ccccc2c1)C(=O)N(C)[C@H](Cc1ccccc1)C(=O)NC[C@@H](C)O)CC(C)(C)N. The van der Waals surface area contributed by atoms with E-state index in [-0.39, 0.29) is 37.1 Å². The number of aliphatic hydroxyl groups is 1. The van der Waals surface area contributed by atoms with Gasteiger partial charge in [0.1, 0.15) is 12.1 Å². The summed E-state index contributed by atoms with van der Waals surface area (Å²) in [5, 5.41) is 14.6. The van der Waals surface area contributed by atoms with E-state index in [4.69, 9.17) is 5.73 Å². The highest BCUT2D eigenvalue weighted by molar-refractivity contribution is 5.95. The van der Waals surface area contributed by atoms with Gasteiger partial charge in [-0.05, 0) is 56.0 Å². The normalized spacial score (nSPS) is 14.1. The highest BCUT2D eigenvalue weighted by Crippen LogP contribution is 2.21. The average molecular weight is 587 g/mol. The van der Waals surface area contributed by atoms with Crippen LogP contribution in [0.5, 0.6) is 0 Å². The van der Waals surface area contributed by atoms with Gasteiger partial charge < -0.3 is 26.0 Å². The first-order chi connectivity index (χ1) is 20.2. The first-order valence-electron chi connectivity index (χ1n) is 14.7. The van der Waals surface area contributed by atoms with Crippen molar-refractivity contribution in [1.82, 2.24) is 15.1 Å². The smallest absolute Gasteiger partial charge is 0.246 e. The molecule has 0 aliphatic carbocycles. The number of carbonyl (C=O) groups is 3. The lowest BCUT2D eigenvalue weighted by Crippen LogP contribution is -2.56. The van der Waals surface area contributed by atoms with Crippen molar-refractivity contribution in [1.29, 1.82) is 0 Å². The maximum absolute atomic E-state index is 14.3. The number of amides is 3. The Hall–Kier alpha value is -4.01. The summed E-state index contributed by atoms with van der Waals surface area (Å²) < 4.78 is 0. The van der Waals surface area contributed by atoms with E-state index in [1.807, 2.05) is 93.6 Å². The van der Waals surface area contributed by atoms with Gasteiger partial charge >= 0.3 is 0 Å². The van der Waals surface area contributed by atoms with E-state index in [9.17, 15) is 19.5 Å². The zero-order valence-corrected chi connectivity index (χ0v) is 26.2. The molecule has 0 heterocycles. The lowest BCUT2D eigenvalue weighted by Gasteiger charge is -2.34. The van der Waals surface area contributed by atoms with Crippen LogP contribution in [0.15, 0.2) is 84.4 Å². The summed E-state index contributed by atoms with van der Waals surface area (Å²) in [6.07, 6.45) is 1.86. The third kappa shape index (κ3) is 10.0. The lowest BCUT2D eigenvalue weighted by molar-refractivity contribution is -0.146. The van der Waals surface area contributed by atoms with Crippen molar-refractivity contribution < 1.29 is 19.5 Å². The standard InChI is InChI=1S/C35H46N4O4/c1-24(22-35(3,4)36)18-32(41)38(5)31(21-27-16-17-28-14-10-11-15-29(28)19-27)34(43)39(6)30(33(42)37-23-25(2)40)20-26-12-8-7-9-13-26/h7-19,25,30-31,40H,20-23,36H2,1-6H3,(H,37,42)/t25-,30-,31-/m1/s1. The minimum absolute atomic E-state index is 0.0621. The number of nitrogens with two attached hydrogens (primary N) is 1. The predicted molar refractivity (Wildman–Crippen MR) is 172 cm³/mol. The maximum Gasteiger partial charge on any atom is 0.246 e. The minimum Gasteiger partial charge on any atom is -0.392 e. The molecule has 0 aromatic heterocycles. The van der Waals surface area contributed by atoms with Crippen LogP contribution >= 0.6 is 0 Å². The number of benzene rings is 3. The molecule has 4 N–H and O–H groups in total. The number of carbonyl (C=O) groups excluding carboxylic acids is 3. The van der Waals surface area contributed by atoms with E-state index >= 15 is 0 Å². The summed E-state index contributed by atoms with van der Waals surface area (Å²) in [4.78, 5) is 44.1. The van der Waals surface area contributed by atoms with Crippen LogP contribution in [0.2, 0.25) is 0 Å². The van der Waals surface area contributed by atoms with Crippen molar-refractivity contribution in [2.24, 2.45) is 5.73 Å². The van der Waals surface area contributed by atoms with Crippen LogP contribution in [0.3, 0.4) is 0 Å². The fourth-order valence-electron chi connectivity index (χ4n) is 5.21. The van der Waals surface area contributed by atoms with E-state index in [2.05, 4.69) is 5.32 Å². The molecule has 3 rings (SSSR count). The van der Waals surface area contributed by atoms with Crippen molar-refractivity contribution >= 4 is 28.5 Å². The third-order valence-electron chi connectivity index (χ3n) is 7.41. The molecule has 3 amide bonds. The van der Waals surface area contributed by atoms with Crippen molar-refractivity contribution in [3.8, 4) is 0 Å². The second-order valence-corrected chi connectivity index (χ2v) is 12.3. The Morgan fingerprint density at radius 3 is 2.12 bits per heavy atom. The molecule has 0 aliphatic rings. The number of likely N-dealkylation sites (N-methyl/N-ethyl adjacent to an activating group) is 2. The summed E-state index contributed by atoms with van der Waals surface area (Å²) in [6, 6.07) is 21.7. The van der Waals surface area contributed by atoms with E-state index in [0.29, 0.717) is 6.42 Å². The molecule has 0 unspecified atom stereocenters. The molecule has 8 nitrogen and oxygen atoms in total. The Morgan fingerprint density at radius 1 is 0.884 bits per heavy atom. The molecule has 3 aromatic carbocycles. The van der Waals surface area contributed by atoms with Gasteiger partial charge in [-0.25, -0.2) is 0 Å². The van der Waals surface area contributed by atoms with Gasteiger partial charge in [0.25, 0.3) is 0 Å². The number of rotatable bonds is 13. The molecule has 230 valence electrons. The van der Waals surface area contributed by atoms with Gasteiger partial charge in [0.15, 0.2) is 0 Å². The van der Waals surface area contributed by atoms with Crippen LogP contribution in [-0.4, -0.2) is 77.0 Å². The molecule has 0 fully saturated rings. The number of nitrogens with one attached hydrogen (secondary N) is 1. The Balaban J connectivity index is 1.98. The Labute approximate surface area is 255 Å². The number of hydrogen-bond donors (Lipinski definition) is 3. The summed E-state index contributed by atoms with van der Waals surface area (Å²) in [5.74, 6) is -1.05. The van der Waals surface area contributed by atoms with E-state index in [0.717, 1.165) is 27.5 Å². The zero-order valence-electron chi connectivity index (χ0n) is 26.2. The summed E-state index contributed by atoms with van der Waals surface area (Å²) in [7, 11) is 3.22. The molecule has 0 saturated heterocycles. The van der Waals surface area contributed by atoms with Gasteiger partial charge in [-0.1, -0.05) is 78.4 Å². The van der Waals surface area contributed by atoms with Crippen molar-refractivity contribution in [3.05, 3.63) is 95.6 Å². The molecule has 8 heteroatoms. The molecule has 0 bridgehead atoms. The van der Waals surface area contributed by atoms with Gasteiger partial charge in [-0.15, -0.1) is 0 Å². The number of nitrogens with zero attached hydrogens (tertiary/aromatic N) is 2. The molecular formula is C35H46N4O4. The molecule has 3 atom stereocenters. The van der Waals surface area contributed by atoms with Crippen molar-refractivity contribution in [3.63, 3.8) is 0 Å². The second-order valence-electron chi connectivity index (χ2n) is 12.3. The van der Waals surface area contributed by atoms with Gasteiger partial charge in [0.2, 0.25) is 17.7 Å². The van der Waals surface area contributed by atoms with Crippen LogP contribution in [0.1, 0.15) is 45.2 Å². The Bertz CT molecular complexity index is 1430. The molecular weight excluding hydrogens is 540 g/mol. The van der Waals surface area contributed by atoms with Gasteiger partial charge in [-0.2, -0.15) is 0 Å². The second kappa shape index (κ2) is 14.9. The molecule has 0 radical (unpaired) electrons. The minimum atomic E-state index is -0.878. The molecule has 0 aliphatic heterocycles. The van der Waals surface area contributed by atoms with E-state index in [1.165, 1.54) is 15.9 Å². The number of fused-ring (bicyclic) bond motifs is 1. The first-order valence-corrected chi connectivity index (χ1v) is 14.7. The lowest BCUT2D eigenvalue weighted by atomic mass is 9.96. The monoisotopic (exact) mass is 586 g/mol. The van der Waals surface area contributed by atoms with Gasteiger partial charge in [-0.3, -0.25) is 14.4 Å². The van der Waals surface area contributed by atoms with E-state index < -0.39 is 23.7 Å². The van der Waals surface area contributed by atoms with Crippen molar-refractivity contribution in [2.75, 3.05) is 20.6 Å². The molecule has 3 aromatic rings. The maximum atomic E-state index is 14.3. The Kier molecular flexibility index (Phi) is 11.6. The first kappa shape index (κ1) is 33.5. The van der Waals surface area contributed by atoms with Gasteiger partial charge in [0, 0.05) is 45.1 Å². The van der Waals surface area contributed by atoms with Crippen LogP contribution in [-0.2, 0) is 27.2 Å². The number of hydrogen-bond acceptors (Lipinski definition) is 5. The molecule has 0 saturated carbocycles. The van der Waals surface area contributed by atoms with Crippen LogP contribution < -0.4 is 11.1 Å². The average Bonchev–Trinajstić information content (AvgIpc) is 2.95. The number of aliphatic hydroxyl groups excluding tert-OH is 1. The molecule has 0 spiro atoms. The highest BCUT2D eigenvalue weighted by Gasteiger charge is 2.35. The zero-order chi connectivity index (χ0) is 31.7. The third-order valence-corrected chi connectivity index (χ3v) is 7.41. The van der Waals surface area contributed by atoms with Crippen molar-refractivity contribution in [2.45, 2.75) is 70.7 Å². The topological polar surface area (TPSA) is 116 Å². The van der Waals surface area contributed by atoms with E-state index in [1.54, 1.807) is 21.0 Å². The summed E-state index contributed by atoms with van der Waals surface area (Å²) in [6.45, 7) is 7.30. The van der Waals surface area contributed by atoms with Crippen LogP contribution in [0.25, 0.3) is 10.8 Å². The Morgan fingerprint density at radius 2 is 1.49 bits per heavy atom. The fraction of sp³-hybridized carbons (Fsp3) is 0.400. The molecule has 43 heavy (non-hydrogen) atoms. The fourth-order valence-corrected chi connectivity index (χ4v) is 5.21. The predicted octanol–water partition coefficient (Wildman–Crippen LogP) is 3.85.